The van der Waals surface area contributed by atoms with Crippen LogP contribution >= 0.6 is 0 Å². The average Bonchev–Trinajstić information content (AvgIpc) is 2.95. The molecule has 0 radical (unpaired) electrons. The second-order valence-corrected chi connectivity index (χ2v) is 5.44. The normalized spacial score (nSPS) is 13.5. The molecule has 0 atom stereocenters. The number of aromatic amines is 1. The molecule has 0 bridgehead atoms. The molecule has 1 aliphatic carbocycles. The quantitative estimate of drug-likeness (QED) is 0.719. The van der Waals surface area contributed by atoms with Crippen molar-refractivity contribution < 1.29 is 5.11 Å². The molecule has 0 saturated carbocycles. The summed E-state index contributed by atoms with van der Waals surface area (Å²) < 4.78 is 0. The number of nitrogens with one attached hydrogen (secondary N) is 1. The fourth-order valence-electron chi connectivity index (χ4n) is 2.96. The molecule has 0 fully saturated rings. The van der Waals surface area contributed by atoms with E-state index in [1.54, 1.807) is 12.1 Å². The van der Waals surface area contributed by atoms with Crippen molar-refractivity contribution in [2.75, 3.05) is 0 Å². The Balaban J connectivity index is 1.89. The predicted octanol–water partition coefficient (Wildman–Crippen LogP) is 2.78. The van der Waals surface area contributed by atoms with Crippen LogP contribution in [-0.4, -0.2) is 15.1 Å². The topological polar surface area (TPSA) is 66.0 Å². The summed E-state index contributed by atoms with van der Waals surface area (Å²) in [6.07, 6.45) is 2.72. The molecule has 104 valence electrons. The molecule has 4 heteroatoms. The lowest BCUT2D eigenvalue weighted by Crippen LogP contribution is -2.15. The minimum absolute atomic E-state index is 0.0155. The van der Waals surface area contributed by atoms with Crippen molar-refractivity contribution in [1.82, 2.24) is 9.97 Å². The number of hydrogen-bond acceptors (Lipinski definition) is 3. The summed E-state index contributed by atoms with van der Waals surface area (Å²) in [5.41, 5.74) is 2.64. The zero-order valence-electron chi connectivity index (χ0n) is 11.4. The standard InChI is InChI=1S/C17H14N2O2/c20-13-7-6-10-8-12(5-4-11(10)9-13)16-18-15-3-1-2-14(15)17(21)19-16/h4-9,20H,1-3H2,(H,18,19,21). The van der Waals surface area contributed by atoms with E-state index < -0.39 is 0 Å². The average molecular weight is 278 g/mol. The van der Waals surface area contributed by atoms with Crippen LogP contribution in [0, 0.1) is 0 Å². The number of H-pyrrole nitrogens is 1. The van der Waals surface area contributed by atoms with Crippen molar-refractivity contribution in [2.45, 2.75) is 19.3 Å². The summed E-state index contributed by atoms with van der Waals surface area (Å²) in [6, 6.07) is 11.1. The van der Waals surface area contributed by atoms with E-state index in [1.165, 1.54) is 0 Å². The lowest BCUT2D eigenvalue weighted by atomic mass is 10.1. The van der Waals surface area contributed by atoms with Crippen LogP contribution in [0.4, 0.5) is 0 Å². The van der Waals surface area contributed by atoms with Gasteiger partial charge < -0.3 is 10.1 Å². The van der Waals surface area contributed by atoms with Gasteiger partial charge in [0, 0.05) is 11.1 Å². The molecule has 21 heavy (non-hydrogen) atoms. The number of nitrogens with zero attached hydrogens (tertiary/aromatic N) is 1. The van der Waals surface area contributed by atoms with Crippen LogP contribution in [0.15, 0.2) is 41.2 Å². The van der Waals surface area contributed by atoms with Crippen LogP contribution in [0.5, 0.6) is 5.75 Å². The second kappa shape index (κ2) is 4.45. The maximum atomic E-state index is 12.1. The van der Waals surface area contributed by atoms with Gasteiger partial charge in [0.25, 0.3) is 5.56 Å². The van der Waals surface area contributed by atoms with Crippen molar-refractivity contribution in [2.24, 2.45) is 0 Å². The number of phenols is 1. The van der Waals surface area contributed by atoms with Gasteiger partial charge in [0.15, 0.2) is 0 Å². The highest BCUT2D eigenvalue weighted by atomic mass is 16.3. The first-order valence-electron chi connectivity index (χ1n) is 7.06. The van der Waals surface area contributed by atoms with Gasteiger partial charge in [-0.15, -0.1) is 0 Å². The second-order valence-electron chi connectivity index (χ2n) is 5.44. The van der Waals surface area contributed by atoms with E-state index in [-0.39, 0.29) is 11.3 Å². The summed E-state index contributed by atoms with van der Waals surface area (Å²) in [4.78, 5) is 19.6. The summed E-state index contributed by atoms with van der Waals surface area (Å²) in [5.74, 6) is 0.870. The number of benzene rings is 2. The molecule has 0 spiro atoms. The zero-order valence-corrected chi connectivity index (χ0v) is 11.4. The largest absolute Gasteiger partial charge is 0.508 e. The fraction of sp³-hybridized carbons (Fsp3) is 0.176. The lowest BCUT2D eigenvalue weighted by molar-refractivity contribution is 0.476. The molecule has 4 nitrogen and oxygen atoms in total. The smallest absolute Gasteiger partial charge is 0.254 e. The Morgan fingerprint density at radius 2 is 1.86 bits per heavy atom. The van der Waals surface area contributed by atoms with Crippen LogP contribution in [0.25, 0.3) is 22.2 Å². The summed E-state index contributed by atoms with van der Waals surface area (Å²) in [6.45, 7) is 0. The number of rotatable bonds is 1. The molecule has 2 N–H and O–H groups in total. The third kappa shape index (κ3) is 2.00. The Hall–Kier alpha value is -2.62. The Kier molecular flexibility index (Phi) is 2.57. The van der Waals surface area contributed by atoms with Crippen LogP contribution < -0.4 is 5.56 Å². The maximum Gasteiger partial charge on any atom is 0.254 e. The van der Waals surface area contributed by atoms with E-state index in [1.807, 2.05) is 24.3 Å². The van der Waals surface area contributed by atoms with Gasteiger partial charge in [-0.05, 0) is 48.2 Å². The fourth-order valence-corrected chi connectivity index (χ4v) is 2.96. The summed E-state index contributed by atoms with van der Waals surface area (Å²) in [5, 5.41) is 11.5. The minimum atomic E-state index is -0.0155. The number of aromatic hydroxyl groups is 1. The lowest BCUT2D eigenvalue weighted by Gasteiger charge is -2.06. The first-order valence-corrected chi connectivity index (χ1v) is 7.06. The van der Waals surface area contributed by atoms with Gasteiger partial charge in [-0.1, -0.05) is 18.2 Å². The van der Waals surface area contributed by atoms with Crippen LogP contribution in [0.3, 0.4) is 0 Å². The first kappa shape index (κ1) is 12.1. The molecule has 0 saturated heterocycles. The molecule has 3 aromatic rings. The zero-order chi connectivity index (χ0) is 14.4. The third-order valence-electron chi connectivity index (χ3n) is 4.04. The SMILES string of the molecule is O=c1[nH]c(-c2ccc3cc(O)ccc3c2)nc2c1CCC2. The number of phenolic OH excluding ortho intramolecular Hbond substituents is 1. The van der Waals surface area contributed by atoms with Crippen LogP contribution in [0.2, 0.25) is 0 Å². The Morgan fingerprint density at radius 3 is 2.76 bits per heavy atom. The van der Waals surface area contributed by atoms with Gasteiger partial charge in [-0.2, -0.15) is 0 Å². The minimum Gasteiger partial charge on any atom is -0.508 e. The van der Waals surface area contributed by atoms with E-state index in [0.717, 1.165) is 46.9 Å². The van der Waals surface area contributed by atoms with E-state index in [9.17, 15) is 9.90 Å². The molecule has 1 aromatic heterocycles. The van der Waals surface area contributed by atoms with Gasteiger partial charge in [-0.25, -0.2) is 4.98 Å². The van der Waals surface area contributed by atoms with Crippen molar-refractivity contribution >= 4 is 10.8 Å². The van der Waals surface area contributed by atoms with E-state index in [4.69, 9.17) is 0 Å². The Morgan fingerprint density at radius 1 is 1.05 bits per heavy atom. The molecule has 1 aliphatic rings. The Bertz CT molecular complexity index is 912. The number of aromatic nitrogens is 2. The van der Waals surface area contributed by atoms with Gasteiger partial charge in [0.05, 0.1) is 5.69 Å². The molecule has 1 heterocycles. The molecule has 4 rings (SSSR count). The van der Waals surface area contributed by atoms with E-state index >= 15 is 0 Å². The van der Waals surface area contributed by atoms with Crippen molar-refractivity contribution in [3.8, 4) is 17.1 Å². The maximum absolute atomic E-state index is 12.1. The van der Waals surface area contributed by atoms with E-state index in [0.29, 0.717) is 5.82 Å². The third-order valence-corrected chi connectivity index (χ3v) is 4.04. The highest BCUT2D eigenvalue weighted by Crippen LogP contribution is 2.26. The van der Waals surface area contributed by atoms with Crippen LogP contribution in [0.1, 0.15) is 17.7 Å². The van der Waals surface area contributed by atoms with Crippen molar-refractivity contribution in [3.05, 3.63) is 58.0 Å². The van der Waals surface area contributed by atoms with Gasteiger partial charge >= 0.3 is 0 Å². The number of fused-ring (bicyclic) bond motifs is 2. The monoisotopic (exact) mass is 278 g/mol. The van der Waals surface area contributed by atoms with Crippen molar-refractivity contribution in [1.29, 1.82) is 0 Å². The molecular weight excluding hydrogens is 264 g/mol. The molecule has 2 aromatic carbocycles. The summed E-state index contributed by atoms with van der Waals surface area (Å²) >= 11 is 0. The van der Waals surface area contributed by atoms with Gasteiger partial charge in [0.2, 0.25) is 0 Å². The van der Waals surface area contributed by atoms with E-state index in [2.05, 4.69) is 9.97 Å². The highest BCUT2D eigenvalue weighted by Gasteiger charge is 2.17. The number of aryl methyl sites for hydroxylation is 1. The first-order chi connectivity index (χ1) is 10.2. The predicted molar refractivity (Wildman–Crippen MR) is 81.5 cm³/mol. The summed E-state index contributed by atoms with van der Waals surface area (Å²) in [7, 11) is 0. The van der Waals surface area contributed by atoms with Gasteiger partial charge in [-0.3, -0.25) is 4.79 Å². The molecular formula is C17H14N2O2. The van der Waals surface area contributed by atoms with Crippen LogP contribution in [-0.2, 0) is 12.8 Å². The van der Waals surface area contributed by atoms with Crippen molar-refractivity contribution in [3.63, 3.8) is 0 Å². The highest BCUT2D eigenvalue weighted by molar-refractivity contribution is 5.87. The Labute approximate surface area is 121 Å². The molecule has 0 unspecified atom stereocenters. The molecule has 0 aliphatic heterocycles. The van der Waals surface area contributed by atoms with Gasteiger partial charge in [0.1, 0.15) is 11.6 Å². The number of hydrogen-bond donors (Lipinski definition) is 2. The molecule has 0 amide bonds.